The Morgan fingerprint density at radius 2 is 1.86 bits per heavy atom. The highest BCUT2D eigenvalue weighted by Crippen LogP contribution is 2.28. The average Bonchev–Trinajstić information content (AvgIpc) is 3.42. The summed E-state index contributed by atoms with van der Waals surface area (Å²) in [6, 6.07) is 13.7. The van der Waals surface area contributed by atoms with Gasteiger partial charge in [-0.1, -0.05) is 37.5 Å². The molecule has 2 heterocycles. The van der Waals surface area contributed by atoms with Gasteiger partial charge in [-0.25, -0.2) is 0 Å². The Morgan fingerprint density at radius 3 is 2.60 bits per heavy atom. The van der Waals surface area contributed by atoms with E-state index in [1.54, 1.807) is 37.5 Å². The second kappa shape index (κ2) is 11.5. The zero-order valence-electron chi connectivity index (χ0n) is 19.8. The molecule has 1 fully saturated rings. The third kappa shape index (κ3) is 6.15. The molecule has 3 N–H and O–H groups in total. The number of hydrogen-bond acceptors (Lipinski definition) is 5. The van der Waals surface area contributed by atoms with Crippen LogP contribution in [0.15, 0.2) is 65.3 Å². The highest BCUT2D eigenvalue weighted by Gasteiger charge is 2.31. The first kappa shape index (κ1) is 24.2. The minimum absolute atomic E-state index is 0.126. The number of furan rings is 1. The summed E-state index contributed by atoms with van der Waals surface area (Å²) in [7, 11) is 1.58. The summed E-state index contributed by atoms with van der Waals surface area (Å²) in [4.78, 5) is 41.6. The molecule has 0 aliphatic heterocycles. The first-order chi connectivity index (χ1) is 17.0. The zero-order valence-corrected chi connectivity index (χ0v) is 19.8. The van der Waals surface area contributed by atoms with Gasteiger partial charge in [0.25, 0.3) is 11.8 Å². The number of carbonyl (C=O) groups excluding carboxylic acids is 3. The van der Waals surface area contributed by atoms with Crippen LogP contribution in [-0.4, -0.2) is 35.8 Å². The van der Waals surface area contributed by atoms with Crippen molar-refractivity contribution < 1.29 is 18.8 Å². The Labute approximate surface area is 204 Å². The lowest BCUT2D eigenvalue weighted by Gasteiger charge is -2.29. The molecule has 8 nitrogen and oxygen atoms in total. The van der Waals surface area contributed by atoms with Gasteiger partial charge in [0.05, 0.1) is 5.56 Å². The van der Waals surface area contributed by atoms with Gasteiger partial charge in [-0.05, 0) is 54.7 Å². The maximum Gasteiger partial charge on any atom is 0.287 e. The van der Waals surface area contributed by atoms with E-state index in [2.05, 4.69) is 20.9 Å². The number of amides is 3. The van der Waals surface area contributed by atoms with Crippen LogP contribution in [0.1, 0.15) is 58.6 Å². The number of nitrogens with zero attached hydrogens (tertiary/aromatic N) is 1. The molecule has 3 aromatic rings. The fraction of sp³-hybridized carbons (Fsp3) is 0.333. The monoisotopic (exact) mass is 474 g/mol. The van der Waals surface area contributed by atoms with Crippen LogP contribution in [0.4, 0.5) is 0 Å². The molecule has 1 saturated carbocycles. The molecular weight excluding hydrogens is 444 g/mol. The smallest absolute Gasteiger partial charge is 0.287 e. The van der Waals surface area contributed by atoms with E-state index in [1.807, 2.05) is 24.3 Å². The number of nitrogens with one attached hydrogen (secondary N) is 3. The van der Waals surface area contributed by atoms with Crippen molar-refractivity contribution in [3.63, 3.8) is 0 Å². The van der Waals surface area contributed by atoms with Crippen LogP contribution in [-0.2, 0) is 11.3 Å². The number of benzene rings is 1. The van der Waals surface area contributed by atoms with Gasteiger partial charge in [-0.3, -0.25) is 19.4 Å². The molecule has 0 unspecified atom stereocenters. The van der Waals surface area contributed by atoms with Crippen LogP contribution in [0.2, 0.25) is 0 Å². The van der Waals surface area contributed by atoms with E-state index in [1.165, 1.54) is 12.6 Å². The third-order valence-electron chi connectivity index (χ3n) is 6.35. The summed E-state index contributed by atoms with van der Waals surface area (Å²) in [5.41, 5.74) is 2.17. The lowest BCUT2D eigenvalue weighted by Crippen LogP contribution is -2.50. The van der Waals surface area contributed by atoms with Crippen molar-refractivity contribution in [2.24, 2.45) is 5.92 Å². The second-order valence-corrected chi connectivity index (χ2v) is 8.75. The molecule has 2 aromatic heterocycles. The Hall–Kier alpha value is -3.94. The van der Waals surface area contributed by atoms with Gasteiger partial charge in [0.1, 0.15) is 11.8 Å². The lowest BCUT2D eigenvalue weighted by molar-refractivity contribution is -0.124. The molecule has 35 heavy (non-hydrogen) atoms. The number of likely N-dealkylation sites (N-methyl/N-ethyl adjacent to an activating group) is 1. The third-order valence-corrected chi connectivity index (χ3v) is 6.35. The molecule has 0 saturated heterocycles. The normalized spacial score (nSPS) is 14.7. The number of hydrogen-bond donors (Lipinski definition) is 3. The summed E-state index contributed by atoms with van der Waals surface area (Å²) in [6.07, 6.45) is 8.28. The van der Waals surface area contributed by atoms with E-state index in [0.717, 1.165) is 36.8 Å². The van der Waals surface area contributed by atoms with E-state index in [4.69, 9.17) is 4.42 Å². The topological polar surface area (TPSA) is 113 Å². The number of pyridine rings is 1. The first-order valence-electron chi connectivity index (χ1n) is 11.9. The van der Waals surface area contributed by atoms with Crippen LogP contribution in [0, 0.1) is 5.92 Å². The molecule has 1 atom stereocenters. The average molecular weight is 475 g/mol. The van der Waals surface area contributed by atoms with Crippen molar-refractivity contribution in [2.45, 2.75) is 44.7 Å². The van der Waals surface area contributed by atoms with E-state index in [-0.39, 0.29) is 23.5 Å². The predicted octanol–water partition coefficient (Wildman–Crippen LogP) is 3.70. The van der Waals surface area contributed by atoms with Gasteiger partial charge in [0.15, 0.2) is 5.76 Å². The van der Waals surface area contributed by atoms with Crippen LogP contribution in [0.5, 0.6) is 0 Å². The molecule has 8 heteroatoms. The highest BCUT2D eigenvalue weighted by atomic mass is 16.4. The summed E-state index contributed by atoms with van der Waals surface area (Å²) >= 11 is 0. The van der Waals surface area contributed by atoms with Crippen LogP contribution >= 0.6 is 0 Å². The summed E-state index contributed by atoms with van der Waals surface area (Å²) in [6.45, 7) is 0.338. The first-order valence-corrected chi connectivity index (χ1v) is 11.9. The van der Waals surface area contributed by atoms with Crippen LogP contribution in [0.3, 0.4) is 0 Å². The highest BCUT2D eigenvalue weighted by molar-refractivity contribution is 5.96. The predicted molar refractivity (Wildman–Crippen MR) is 131 cm³/mol. The van der Waals surface area contributed by atoms with Crippen molar-refractivity contribution in [2.75, 3.05) is 7.05 Å². The standard InChI is InChI=1S/C27H30N4O4/c1-28-27(34)24(19-8-3-2-4-9-19)31-26(33)23-13-12-22(35-23)20-10-5-7-18(15-20)16-30-25(32)21-11-6-14-29-17-21/h5-7,10-15,17,19,24H,2-4,8-9,16H2,1H3,(H,28,34)(H,30,32)(H,31,33)/t24-/m1/s1. The number of aromatic nitrogens is 1. The van der Waals surface area contributed by atoms with Crippen molar-refractivity contribution in [3.8, 4) is 11.3 Å². The molecule has 0 radical (unpaired) electrons. The van der Waals surface area contributed by atoms with Crippen LogP contribution < -0.4 is 16.0 Å². The molecule has 0 bridgehead atoms. The molecule has 1 aliphatic rings. The minimum Gasteiger partial charge on any atom is -0.451 e. The quantitative estimate of drug-likeness (QED) is 0.461. The van der Waals surface area contributed by atoms with Crippen molar-refractivity contribution >= 4 is 17.7 Å². The second-order valence-electron chi connectivity index (χ2n) is 8.75. The van der Waals surface area contributed by atoms with E-state index >= 15 is 0 Å². The van der Waals surface area contributed by atoms with E-state index in [0.29, 0.717) is 17.9 Å². The summed E-state index contributed by atoms with van der Waals surface area (Å²) in [5, 5.41) is 8.42. The van der Waals surface area contributed by atoms with Crippen LogP contribution in [0.25, 0.3) is 11.3 Å². The molecule has 0 spiro atoms. The SMILES string of the molecule is CNC(=O)[C@H](NC(=O)c1ccc(-c2cccc(CNC(=O)c3cccnc3)c2)o1)C1CCCCC1. The van der Waals surface area contributed by atoms with Gasteiger partial charge in [0, 0.05) is 31.5 Å². The summed E-state index contributed by atoms with van der Waals surface area (Å²) < 4.78 is 5.84. The van der Waals surface area contributed by atoms with Crippen molar-refractivity contribution in [1.82, 2.24) is 20.9 Å². The molecular formula is C27H30N4O4. The fourth-order valence-electron chi connectivity index (χ4n) is 4.46. The number of carbonyl (C=O) groups is 3. The van der Waals surface area contributed by atoms with Gasteiger partial charge < -0.3 is 20.4 Å². The summed E-state index contributed by atoms with van der Waals surface area (Å²) in [5.74, 6) is 0.0165. The maximum atomic E-state index is 12.9. The van der Waals surface area contributed by atoms with Gasteiger partial charge in [-0.2, -0.15) is 0 Å². The Morgan fingerprint density at radius 1 is 1.03 bits per heavy atom. The Balaban J connectivity index is 1.41. The molecule has 1 aliphatic carbocycles. The fourth-order valence-corrected chi connectivity index (χ4v) is 4.46. The van der Waals surface area contributed by atoms with E-state index < -0.39 is 11.9 Å². The minimum atomic E-state index is -0.576. The Bertz CT molecular complexity index is 1170. The lowest BCUT2D eigenvalue weighted by atomic mass is 9.83. The van der Waals surface area contributed by atoms with Crippen molar-refractivity contribution in [3.05, 3.63) is 77.8 Å². The van der Waals surface area contributed by atoms with E-state index in [9.17, 15) is 14.4 Å². The van der Waals surface area contributed by atoms with Crippen molar-refractivity contribution in [1.29, 1.82) is 0 Å². The maximum absolute atomic E-state index is 12.9. The van der Waals surface area contributed by atoms with Gasteiger partial charge in [-0.15, -0.1) is 0 Å². The molecule has 3 amide bonds. The zero-order chi connectivity index (χ0) is 24.6. The molecule has 4 rings (SSSR count). The largest absolute Gasteiger partial charge is 0.451 e. The Kier molecular flexibility index (Phi) is 7.92. The number of rotatable bonds is 8. The van der Waals surface area contributed by atoms with Gasteiger partial charge >= 0.3 is 0 Å². The molecule has 1 aromatic carbocycles. The molecule has 182 valence electrons. The van der Waals surface area contributed by atoms with Gasteiger partial charge in [0.2, 0.25) is 5.91 Å².